The summed E-state index contributed by atoms with van der Waals surface area (Å²) in [5.74, 6) is -1.22. The Hall–Kier alpha value is -2.93. The van der Waals surface area contributed by atoms with E-state index >= 15 is 0 Å². The molecule has 0 bridgehead atoms. The lowest BCUT2D eigenvalue weighted by atomic mass is 10.1. The molecule has 0 saturated carbocycles. The van der Waals surface area contributed by atoms with Crippen LogP contribution in [0.2, 0.25) is 0 Å². The van der Waals surface area contributed by atoms with Crippen molar-refractivity contribution in [3.8, 4) is 0 Å². The molecule has 0 aliphatic heterocycles. The van der Waals surface area contributed by atoms with Gasteiger partial charge in [0.2, 0.25) is 0 Å². The van der Waals surface area contributed by atoms with E-state index in [9.17, 15) is 19.5 Å². The fraction of sp³-hybridized carbons (Fsp3) is 0.278. The molecular formula is C18H20N2O5. The number of pyridine rings is 1. The van der Waals surface area contributed by atoms with Gasteiger partial charge in [0.1, 0.15) is 0 Å². The number of nitrogens with one attached hydrogen (secondary N) is 1. The third-order valence-corrected chi connectivity index (χ3v) is 3.76. The molecule has 2 N–H and O–H groups in total. The second-order valence-electron chi connectivity index (χ2n) is 5.89. The lowest BCUT2D eigenvalue weighted by Gasteiger charge is -2.24. The average molecular weight is 344 g/mol. The van der Waals surface area contributed by atoms with E-state index in [1.54, 1.807) is 37.3 Å². The van der Waals surface area contributed by atoms with E-state index in [0.717, 1.165) is 0 Å². The van der Waals surface area contributed by atoms with Gasteiger partial charge in [-0.1, -0.05) is 12.1 Å². The lowest BCUT2D eigenvalue weighted by molar-refractivity contribution is -0.133. The van der Waals surface area contributed by atoms with Gasteiger partial charge < -0.3 is 19.7 Å². The number of hydrogen-bond donors (Lipinski definition) is 2. The molecule has 1 amide bonds. The van der Waals surface area contributed by atoms with Crippen LogP contribution in [-0.4, -0.2) is 34.3 Å². The maximum absolute atomic E-state index is 12.4. The van der Waals surface area contributed by atoms with Crippen LogP contribution in [0.1, 0.15) is 23.0 Å². The fourth-order valence-electron chi connectivity index (χ4n) is 2.31. The summed E-state index contributed by atoms with van der Waals surface area (Å²) in [5.41, 5.74) is -0.883. The monoisotopic (exact) mass is 344 g/mol. The van der Waals surface area contributed by atoms with Crippen LogP contribution in [0.15, 0.2) is 47.3 Å². The Morgan fingerprint density at radius 2 is 1.92 bits per heavy atom. The standard InChI is InChI=1S/C18H20N2O5/c1-12-6-4-9-15(21)20(12)11-18(2,24)17(23)19-14-8-5-7-13(10-14)16(22)25-3/h4-10,24H,11H2,1-3H3,(H,19,23)/t18-/m1/s1. The summed E-state index contributed by atoms with van der Waals surface area (Å²) >= 11 is 0. The van der Waals surface area contributed by atoms with Crippen LogP contribution in [0.25, 0.3) is 0 Å². The van der Waals surface area contributed by atoms with Gasteiger partial charge in [-0.25, -0.2) is 4.79 Å². The maximum atomic E-state index is 12.4. The average Bonchev–Trinajstić information content (AvgIpc) is 2.57. The lowest BCUT2D eigenvalue weighted by Crippen LogP contribution is -2.46. The highest BCUT2D eigenvalue weighted by atomic mass is 16.5. The van der Waals surface area contributed by atoms with Gasteiger partial charge in [0.05, 0.1) is 19.2 Å². The van der Waals surface area contributed by atoms with E-state index in [1.165, 1.54) is 30.7 Å². The highest BCUT2D eigenvalue weighted by molar-refractivity contribution is 5.98. The van der Waals surface area contributed by atoms with Gasteiger partial charge in [0, 0.05) is 17.4 Å². The topological polar surface area (TPSA) is 97.6 Å². The molecule has 0 unspecified atom stereocenters. The van der Waals surface area contributed by atoms with Crippen LogP contribution in [0.3, 0.4) is 0 Å². The Balaban J connectivity index is 2.19. The summed E-state index contributed by atoms with van der Waals surface area (Å²) in [7, 11) is 1.26. The Labute approximate surface area is 144 Å². The van der Waals surface area contributed by atoms with Crippen molar-refractivity contribution < 1.29 is 19.4 Å². The van der Waals surface area contributed by atoms with Crippen LogP contribution < -0.4 is 10.9 Å². The number of rotatable bonds is 5. The number of methoxy groups -OCH3 is 1. The molecule has 1 aromatic carbocycles. The minimum Gasteiger partial charge on any atom is -0.465 e. The van der Waals surface area contributed by atoms with Crippen molar-refractivity contribution in [2.75, 3.05) is 12.4 Å². The summed E-state index contributed by atoms with van der Waals surface area (Å²) in [4.78, 5) is 35.9. The number of aliphatic hydroxyl groups is 1. The van der Waals surface area contributed by atoms with Crippen LogP contribution in [0.4, 0.5) is 5.69 Å². The molecule has 0 radical (unpaired) electrons. The molecule has 1 atom stereocenters. The zero-order valence-corrected chi connectivity index (χ0v) is 14.3. The third kappa shape index (κ3) is 4.33. The number of esters is 1. The van der Waals surface area contributed by atoms with Crippen LogP contribution in [-0.2, 0) is 16.1 Å². The molecule has 7 nitrogen and oxygen atoms in total. The van der Waals surface area contributed by atoms with Crippen LogP contribution >= 0.6 is 0 Å². The Morgan fingerprint density at radius 3 is 2.56 bits per heavy atom. The first kappa shape index (κ1) is 18.4. The second kappa shape index (κ2) is 7.31. The van der Waals surface area contributed by atoms with Crippen molar-refractivity contribution >= 4 is 17.6 Å². The van der Waals surface area contributed by atoms with Crippen LogP contribution in [0.5, 0.6) is 0 Å². The summed E-state index contributed by atoms with van der Waals surface area (Å²) in [5, 5.41) is 13.1. The molecule has 0 spiro atoms. The van der Waals surface area contributed by atoms with Crippen molar-refractivity contribution in [1.82, 2.24) is 4.57 Å². The van der Waals surface area contributed by atoms with E-state index < -0.39 is 17.5 Å². The van der Waals surface area contributed by atoms with Gasteiger partial charge in [-0.3, -0.25) is 9.59 Å². The van der Waals surface area contributed by atoms with Gasteiger partial charge in [-0.05, 0) is 38.1 Å². The van der Waals surface area contributed by atoms with Crippen molar-refractivity contribution in [2.45, 2.75) is 26.0 Å². The number of aromatic nitrogens is 1. The molecular weight excluding hydrogens is 324 g/mol. The maximum Gasteiger partial charge on any atom is 0.337 e. The van der Waals surface area contributed by atoms with Crippen molar-refractivity contribution in [2.24, 2.45) is 0 Å². The van der Waals surface area contributed by atoms with E-state index in [4.69, 9.17) is 0 Å². The van der Waals surface area contributed by atoms with Crippen molar-refractivity contribution in [3.05, 3.63) is 64.1 Å². The number of aryl methyl sites for hydroxylation is 1. The number of amides is 1. The summed E-state index contributed by atoms with van der Waals surface area (Å²) in [6, 6.07) is 10.9. The molecule has 0 fully saturated rings. The Bertz CT molecular complexity index is 855. The minimum atomic E-state index is -1.82. The number of carbonyl (C=O) groups is 2. The van der Waals surface area contributed by atoms with Crippen molar-refractivity contribution in [3.63, 3.8) is 0 Å². The zero-order valence-electron chi connectivity index (χ0n) is 14.3. The normalized spacial score (nSPS) is 13.0. The van der Waals surface area contributed by atoms with Gasteiger partial charge in [0.15, 0.2) is 5.60 Å². The van der Waals surface area contributed by atoms with Gasteiger partial charge in [0.25, 0.3) is 11.5 Å². The van der Waals surface area contributed by atoms with E-state index in [2.05, 4.69) is 10.1 Å². The highest BCUT2D eigenvalue weighted by Crippen LogP contribution is 2.16. The number of anilines is 1. The molecule has 0 aliphatic rings. The Kier molecular flexibility index (Phi) is 5.38. The molecule has 0 saturated heterocycles. The minimum absolute atomic E-state index is 0.193. The molecule has 2 rings (SSSR count). The predicted octanol–water partition coefficient (Wildman–Crippen LogP) is 1.33. The first-order valence-corrected chi connectivity index (χ1v) is 7.63. The van der Waals surface area contributed by atoms with E-state index in [0.29, 0.717) is 11.4 Å². The zero-order chi connectivity index (χ0) is 18.6. The van der Waals surface area contributed by atoms with Gasteiger partial charge >= 0.3 is 5.97 Å². The first-order chi connectivity index (χ1) is 11.7. The number of carbonyl (C=O) groups excluding carboxylic acids is 2. The molecule has 132 valence electrons. The smallest absolute Gasteiger partial charge is 0.337 e. The van der Waals surface area contributed by atoms with Gasteiger partial charge in [-0.15, -0.1) is 0 Å². The molecule has 1 heterocycles. The number of ether oxygens (including phenoxy) is 1. The first-order valence-electron chi connectivity index (χ1n) is 7.63. The molecule has 7 heteroatoms. The number of hydrogen-bond acceptors (Lipinski definition) is 5. The van der Waals surface area contributed by atoms with E-state index in [1.807, 2.05) is 0 Å². The fourth-order valence-corrected chi connectivity index (χ4v) is 2.31. The van der Waals surface area contributed by atoms with Crippen molar-refractivity contribution in [1.29, 1.82) is 0 Å². The third-order valence-electron chi connectivity index (χ3n) is 3.76. The number of benzene rings is 1. The molecule has 1 aromatic heterocycles. The summed E-state index contributed by atoms with van der Waals surface area (Å²) < 4.78 is 5.95. The molecule has 25 heavy (non-hydrogen) atoms. The second-order valence-corrected chi connectivity index (χ2v) is 5.89. The number of nitrogens with zero attached hydrogens (tertiary/aromatic N) is 1. The summed E-state index contributed by atoms with van der Waals surface area (Å²) in [6.07, 6.45) is 0. The molecule has 0 aliphatic carbocycles. The molecule has 2 aromatic rings. The highest BCUT2D eigenvalue weighted by Gasteiger charge is 2.31. The summed E-state index contributed by atoms with van der Waals surface area (Å²) in [6.45, 7) is 2.85. The quantitative estimate of drug-likeness (QED) is 0.798. The Morgan fingerprint density at radius 1 is 1.24 bits per heavy atom. The van der Waals surface area contributed by atoms with Crippen LogP contribution in [0, 0.1) is 6.92 Å². The largest absolute Gasteiger partial charge is 0.465 e. The van der Waals surface area contributed by atoms with Gasteiger partial charge in [-0.2, -0.15) is 0 Å². The SMILES string of the molecule is COC(=O)c1cccc(NC(=O)[C@](C)(O)Cn2c(C)cccc2=O)c1. The predicted molar refractivity (Wildman–Crippen MR) is 92.5 cm³/mol. The van der Waals surface area contributed by atoms with E-state index in [-0.39, 0.29) is 17.7 Å².